The van der Waals surface area contributed by atoms with Gasteiger partial charge >= 0.3 is 0 Å². The lowest BCUT2D eigenvalue weighted by atomic mass is 9.86. The fourth-order valence-corrected chi connectivity index (χ4v) is 5.01. The van der Waals surface area contributed by atoms with Crippen LogP contribution in [-0.4, -0.2) is 39.3 Å². The van der Waals surface area contributed by atoms with Crippen molar-refractivity contribution < 1.29 is 29.6 Å². The van der Waals surface area contributed by atoms with Crippen molar-refractivity contribution in [1.29, 1.82) is 0 Å². The van der Waals surface area contributed by atoms with Crippen molar-refractivity contribution in [1.82, 2.24) is 0 Å². The van der Waals surface area contributed by atoms with Gasteiger partial charge in [-0.15, -0.1) is 0 Å². The Balaban J connectivity index is 0.000000202. The highest BCUT2D eigenvalue weighted by Crippen LogP contribution is 2.47. The summed E-state index contributed by atoms with van der Waals surface area (Å²) >= 11 is 0. The van der Waals surface area contributed by atoms with Crippen LogP contribution in [0.1, 0.15) is 84.7 Å². The number of ether oxygens (including phenoxy) is 2. The van der Waals surface area contributed by atoms with Gasteiger partial charge in [-0.05, 0) is 97.1 Å². The number of nitrogens with zero attached hydrogens (tertiary/aromatic N) is 1. The van der Waals surface area contributed by atoms with Crippen LogP contribution >= 0.6 is 0 Å². The van der Waals surface area contributed by atoms with Gasteiger partial charge in [-0.3, -0.25) is 0 Å². The molecular weight excluding hydrogens is 458 g/mol. The van der Waals surface area contributed by atoms with Crippen molar-refractivity contribution in [2.24, 2.45) is 5.16 Å². The maximum absolute atomic E-state index is 10.2. The van der Waals surface area contributed by atoms with E-state index in [9.17, 15) is 15.3 Å². The van der Waals surface area contributed by atoms with Gasteiger partial charge in [-0.1, -0.05) is 5.16 Å². The lowest BCUT2D eigenvalue weighted by Crippen LogP contribution is -2.43. The molecule has 0 aliphatic carbocycles. The summed E-state index contributed by atoms with van der Waals surface area (Å²) in [6, 6.07) is 0. The Morgan fingerprint density at radius 3 is 1.86 bits per heavy atom. The summed E-state index contributed by atoms with van der Waals surface area (Å²) in [4.78, 5) is 4.90. The number of fused-ring (bicyclic) bond motifs is 2. The molecule has 0 bridgehead atoms. The number of oxime groups is 1. The molecule has 2 aromatic carbocycles. The van der Waals surface area contributed by atoms with Crippen molar-refractivity contribution in [2.45, 2.75) is 99.4 Å². The van der Waals surface area contributed by atoms with E-state index in [4.69, 9.17) is 14.3 Å². The van der Waals surface area contributed by atoms with Crippen LogP contribution in [-0.2, 0) is 11.3 Å². The molecule has 0 spiro atoms. The minimum Gasteiger partial charge on any atom is -0.507 e. The molecule has 2 aromatic rings. The van der Waals surface area contributed by atoms with Crippen LogP contribution in [0.15, 0.2) is 5.16 Å². The predicted molar refractivity (Wildman–Crippen MR) is 142 cm³/mol. The zero-order chi connectivity index (χ0) is 27.3. The Kier molecular flexibility index (Phi) is 7.30. The summed E-state index contributed by atoms with van der Waals surface area (Å²) in [6.07, 6.45) is 0.610. The van der Waals surface area contributed by atoms with E-state index in [2.05, 4.69) is 5.16 Å². The van der Waals surface area contributed by atoms with Crippen LogP contribution in [0.3, 0.4) is 0 Å². The molecule has 0 saturated carbocycles. The summed E-state index contributed by atoms with van der Waals surface area (Å²) in [5.41, 5.74) is 6.89. The first kappa shape index (κ1) is 27.7. The zero-order valence-electron chi connectivity index (χ0n) is 23.5. The fraction of sp³-hybridized carbons (Fsp3) is 0.552. The number of hydrogen-bond donors (Lipinski definition) is 3. The van der Waals surface area contributed by atoms with E-state index in [1.54, 1.807) is 0 Å². The van der Waals surface area contributed by atoms with E-state index in [1.165, 1.54) is 7.11 Å². The Hall–Kier alpha value is -2.93. The second-order valence-corrected chi connectivity index (χ2v) is 11.1. The molecule has 0 amide bonds. The SMILES string of the molecule is CON=C1Cc2c(C)c(O)c(C)c(C)c2OC1(C)C.Cc1c(C)c2c(c(C)c1O)C(O)CC(C)(C)O2. The highest BCUT2D eigenvalue weighted by atomic mass is 16.6. The third-order valence-electron chi connectivity index (χ3n) is 7.60. The first-order valence-corrected chi connectivity index (χ1v) is 12.3. The Morgan fingerprint density at radius 2 is 1.31 bits per heavy atom. The average Bonchev–Trinajstić information content (AvgIpc) is 2.79. The van der Waals surface area contributed by atoms with Gasteiger partial charge in [-0.25, -0.2) is 0 Å². The molecule has 0 radical (unpaired) electrons. The van der Waals surface area contributed by atoms with Gasteiger partial charge in [0, 0.05) is 29.5 Å². The molecule has 3 N–H and O–H groups in total. The van der Waals surface area contributed by atoms with Gasteiger partial charge in [0.1, 0.15) is 47.0 Å². The molecule has 2 aliphatic rings. The Labute approximate surface area is 214 Å². The maximum Gasteiger partial charge on any atom is 0.145 e. The highest BCUT2D eigenvalue weighted by Gasteiger charge is 2.37. The topological polar surface area (TPSA) is 101 Å². The number of aromatic hydroxyl groups is 2. The summed E-state index contributed by atoms with van der Waals surface area (Å²) in [7, 11) is 1.53. The largest absolute Gasteiger partial charge is 0.507 e. The molecule has 7 heteroatoms. The third kappa shape index (κ3) is 4.73. The van der Waals surface area contributed by atoms with Crippen molar-refractivity contribution in [3.63, 3.8) is 0 Å². The number of hydrogen-bond acceptors (Lipinski definition) is 7. The van der Waals surface area contributed by atoms with Crippen molar-refractivity contribution in [3.05, 3.63) is 44.5 Å². The van der Waals surface area contributed by atoms with Crippen LogP contribution < -0.4 is 9.47 Å². The number of phenols is 2. The minimum absolute atomic E-state index is 0.267. The van der Waals surface area contributed by atoms with Gasteiger partial charge in [0.05, 0.1) is 6.10 Å². The number of benzene rings is 2. The molecule has 198 valence electrons. The van der Waals surface area contributed by atoms with Crippen molar-refractivity contribution in [3.8, 4) is 23.0 Å². The van der Waals surface area contributed by atoms with Crippen molar-refractivity contribution in [2.75, 3.05) is 7.11 Å². The van der Waals surface area contributed by atoms with E-state index in [0.29, 0.717) is 18.6 Å². The van der Waals surface area contributed by atoms with E-state index in [-0.39, 0.29) is 11.4 Å². The molecule has 0 aromatic heterocycles. The second kappa shape index (κ2) is 9.51. The quantitative estimate of drug-likeness (QED) is 0.420. The standard InChI is InChI=1S/C15H21NO3.C14H20O3/c1-8-9(2)14-11(10(3)13(8)17)7-12(16-18-6)15(4,5)19-14;1-7-8(2)13-11(9(3)12(7)16)10(15)6-14(4,5)17-13/h17H,7H2,1-6H3;10,15-16H,6H2,1-5H3. The normalized spacial score (nSPS) is 20.3. The minimum atomic E-state index is -0.570. The molecule has 7 nitrogen and oxygen atoms in total. The van der Waals surface area contributed by atoms with Gasteiger partial charge in [0.2, 0.25) is 0 Å². The van der Waals surface area contributed by atoms with E-state index in [1.807, 2.05) is 69.2 Å². The van der Waals surface area contributed by atoms with Gasteiger partial charge in [-0.2, -0.15) is 0 Å². The third-order valence-corrected chi connectivity index (χ3v) is 7.60. The predicted octanol–water partition coefficient (Wildman–Crippen LogP) is 5.95. The van der Waals surface area contributed by atoms with E-state index < -0.39 is 11.7 Å². The number of rotatable bonds is 1. The second-order valence-electron chi connectivity index (χ2n) is 11.1. The van der Waals surface area contributed by atoms with Crippen molar-refractivity contribution >= 4 is 5.71 Å². The molecular formula is C29H41NO6. The van der Waals surface area contributed by atoms with Gasteiger partial charge in [0.25, 0.3) is 0 Å². The van der Waals surface area contributed by atoms with Crippen LogP contribution in [0.2, 0.25) is 0 Å². The average molecular weight is 500 g/mol. The molecule has 0 fully saturated rings. The molecule has 2 aliphatic heterocycles. The summed E-state index contributed by atoms with van der Waals surface area (Å²) in [5.74, 6) is 2.22. The summed E-state index contributed by atoms with van der Waals surface area (Å²) in [6.45, 7) is 19.3. The summed E-state index contributed by atoms with van der Waals surface area (Å²) in [5, 5.41) is 34.5. The number of aliphatic hydroxyl groups is 1. The van der Waals surface area contributed by atoms with Gasteiger partial charge < -0.3 is 29.6 Å². The smallest absolute Gasteiger partial charge is 0.145 e. The van der Waals surface area contributed by atoms with Gasteiger partial charge in [0.15, 0.2) is 0 Å². The molecule has 1 atom stereocenters. The van der Waals surface area contributed by atoms with Crippen LogP contribution in [0.4, 0.5) is 0 Å². The van der Waals surface area contributed by atoms with Crippen LogP contribution in [0, 0.1) is 41.5 Å². The lowest BCUT2D eigenvalue weighted by Gasteiger charge is -2.37. The molecule has 1 unspecified atom stereocenters. The number of aliphatic hydroxyl groups excluding tert-OH is 1. The lowest BCUT2D eigenvalue weighted by molar-refractivity contribution is 0.0102. The molecule has 2 heterocycles. The Morgan fingerprint density at radius 1 is 0.778 bits per heavy atom. The molecule has 4 rings (SSSR count). The first-order chi connectivity index (χ1) is 16.5. The summed E-state index contributed by atoms with van der Waals surface area (Å²) < 4.78 is 12.1. The maximum atomic E-state index is 10.2. The van der Waals surface area contributed by atoms with Crippen LogP contribution in [0.5, 0.6) is 23.0 Å². The zero-order valence-corrected chi connectivity index (χ0v) is 23.5. The van der Waals surface area contributed by atoms with E-state index in [0.717, 1.165) is 61.7 Å². The molecule has 0 saturated heterocycles. The fourth-order valence-electron chi connectivity index (χ4n) is 5.01. The number of phenolic OH excluding ortho intramolecular Hbond substituents is 2. The highest BCUT2D eigenvalue weighted by molar-refractivity contribution is 5.96. The van der Waals surface area contributed by atoms with Crippen LogP contribution in [0.25, 0.3) is 0 Å². The Bertz CT molecular complexity index is 1230. The monoisotopic (exact) mass is 499 g/mol. The van der Waals surface area contributed by atoms with E-state index >= 15 is 0 Å². The first-order valence-electron chi connectivity index (χ1n) is 12.3. The molecule has 36 heavy (non-hydrogen) atoms.